The van der Waals surface area contributed by atoms with Crippen LogP contribution in [0.5, 0.6) is 0 Å². The zero-order chi connectivity index (χ0) is 37.0. The first kappa shape index (κ1) is 32.6. The zero-order valence-corrected chi connectivity index (χ0v) is 31.7. The molecule has 4 nitrogen and oxygen atoms in total. The van der Waals surface area contributed by atoms with Crippen molar-refractivity contribution in [2.24, 2.45) is 0 Å². The summed E-state index contributed by atoms with van der Waals surface area (Å²) in [5.41, 5.74) is 13.5. The number of anilines is 3. The highest BCUT2D eigenvalue weighted by molar-refractivity contribution is 7.22. The first-order valence-corrected chi connectivity index (χ1v) is 20.3. The van der Waals surface area contributed by atoms with Crippen LogP contribution in [0, 0.1) is 0 Å². The standard InChI is InChI=1S/C50H32N4S2/c1-2-10-37(11-3-1)54-45-15-7-4-12-41(45)42-32-36(24-31-46(42)54)33-18-25-38(26-19-33)53(39-27-20-34(21-28-39)49-51-43-13-5-8-16-47(43)55-49)40-29-22-35(23-30-40)50-52-44-14-6-9-17-48(44)56-50/h1-32H. The normalized spacial score (nSPS) is 11.6. The molecule has 3 aromatic heterocycles. The third kappa shape index (κ3) is 5.66. The molecule has 6 heteroatoms. The summed E-state index contributed by atoms with van der Waals surface area (Å²) in [6.45, 7) is 0. The average molecular weight is 753 g/mol. The highest BCUT2D eigenvalue weighted by atomic mass is 32.1. The van der Waals surface area contributed by atoms with E-state index in [4.69, 9.17) is 9.97 Å². The van der Waals surface area contributed by atoms with E-state index < -0.39 is 0 Å². The molecule has 0 amide bonds. The van der Waals surface area contributed by atoms with Crippen LogP contribution in [0.3, 0.4) is 0 Å². The maximum absolute atomic E-state index is 4.92. The van der Waals surface area contributed by atoms with E-state index in [1.165, 1.54) is 42.3 Å². The number of hydrogen-bond acceptors (Lipinski definition) is 5. The monoisotopic (exact) mass is 752 g/mol. The lowest BCUT2D eigenvalue weighted by Gasteiger charge is -2.26. The Hall–Kier alpha value is -6.86. The number of aromatic nitrogens is 3. The highest BCUT2D eigenvalue weighted by Gasteiger charge is 2.17. The van der Waals surface area contributed by atoms with Crippen molar-refractivity contribution in [3.05, 3.63) is 194 Å². The predicted molar refractivity (Wildman–Crippen MR) is 238 cm³/mol. The second kappa shape index (κ2) is 13.5. The third-order valence-electron chi connectivity index (χ3n) is 10.5. The Kier molecular flexibility index (Phi) is 7.83. The van der Waals surface area contributed by atoms with Gasteiger partial charge in [-0.3, -0.25) is 0 Å². The Bertz CT molecular complexity index is 2990. The SMILES string of the molecule is c1ccc(-n2c3ccccc3c3cc(-c4ccc(N(c5ccc(-c6nc7ccccc7s6)cc5)c5ccc(-c6nc7ccccc7s6)cc5)cc4)ccc32)cc1. The van der Waals surface area contributed by atoms with Gasteiger partial charge in [0.1, 0.15) is 10.0 Å². The van der Waals surface area contributed by atoms with Crippen molar-refractivity contribution in [3.63, 3.8) is 0 Å². The molecule has 8 aromatic carbocycles. The molecule has 0 aliphatic carbocycles. The number of rotatable bonds is 7. The maximum Gasteiger partial charge on any atom is 0.124 e. The van der Waals surface area contributed by atoms with Crippen LogP contribution < -0.4 is 4.90 Å². The van der Waals surface area contributed by atoms with Crippen molar-refractivity contribution in [1.82, 2.24) is 14.5 Å². The molecule has 3 heterocycles. The summed E-state index contributed by atoms with van der Waals surface area (Å²) >= 11 is 3.46. The van der Waals surface area contributed by atoms with Crippen molar-refractivity contribution in [2.45, 2.75) is 0 Å². The van der Waals surface area contributed by atoms with E-state index in [9.17, 15) is 0 Å². The molecule has 0 atom stereocenters. The summed E-state index contributed by atoms with van der Waals surface area (Å²) < 4.78 is 4.75. The number of thiazole rings is 2. The van der Waals surface area contributed by atoms with Gasteiger partial charge in [-0.15, -0.1) is 22.7 Å². The molecule has 0 fully saturated rings. The van der Waals surface area contributed by atoms with Gasteiger partial charge >= 0.3 is 0 Å². The van der Waals surface area contributed by atoms with Crippen LogP contribution in [0.4, 0.5) is 17.1 Å². The van der Waals surface area contributed by atoms with Gasteiger partial charge in [0.05, 0.1) is 31.5 Å². The van der Waals surface area contributed by atoms with Gasteiger partial charge in [-0.2, -0.15) is 0 Å². The lowest BCUT2D eigenvalue weighted by atomic mass is 10.0. The average Bonchev–Trinajstić information content (AvgIpc) is 3.99. The van der Waals surface area contributed by atoms with Crippen molar-refractivity contribution in [1.29, 1.82) is 0 Å². The summed E-state index contributed by atoms with van der Waals surface area (Å²) in [5.74, 6) is 0. The largest absolute Gasteiger partial charge is 0.311 e. The van der Waals surface area contributed by atoms with E-state index in [2.05, 4.69) is 191 Å². The topological polar surface area (TPSA) is 34.0 Å². The highest BCUT2D eigenvalue weighted by Crippen LogP contribution is 2.40. The molecule has 11 aromatic rings. The minimum absolute atomic E-state index is 1.03. The molecule has 11 rings (SSSR count). The number of hydrogen-bond donors (Lipinski definition) is 0. The van der Waals surface area contributed by atoms with Gasteiger partial charge in [-0.25, -0.2) is 9.97 Å². The van der Waals surface area contributed by atoms with Crippen molar-refractivity contribution in [3.8, 4) is 38.0 Å². The van der Waals surface area contributed by atoms with Gasteiger partial charge in [-0.1, -0.05) is 78.9 Å². The lowest BCUT2D eigenvalue weighted by molar-refractivity contribution is 1.18. The van der Waals surface area contributed by atoms with Gasteiger partial charge in [-0.05, 0) is 126 Å². The van der Waals surface area contributed by atoms with Crippen molar-refractivity contribution < 1.29 is 0 Å². The molecule has 0 aliphatic heterocycles. The molecular weight excluding hydrogens is 721 g/mol. The van der Waals surface area contributed by atoms with Crippen molar-refractivity contribution >= 4 is 82.0 Å². The Labute approximate surface area is 331 Å². The summed E-state index contributed by atoms with van der Waals surface area (Å²) in [4.78, 5) is 12.2. The van der Waals surface area contributed by atoms with Crippen LogP contribution in [-0.4, -0.2) is 14.5 Å². The molecular formula is C50H32N4S2. The number of nitrogens with zero attached hydrogens (tertiary/aromatic N) is 4. The van der Waals surface area contributed by atoms with E-state index in [0.29, 0.717) is 0 Å². The molecule has 0 bridgehead atoms. The van der Waals surface area contributed by atoms with E-state index in [-0.39, 0.29) is 0 Å². The van der Waals surface area contributed by atoms with Gasteiger partial charge in [0.2, 0.25) is 0 Å². The van der Waals surface area contributed by atoms with Crippen LogP contribution in [-0.2, 0) is 0 Å². The van der Waals surface area contributed by atoms with Crippen LogP contribution in [0.2, 0.25) is 0 Å². The molecule has 0 saturated carbocycles. The van der Waals surface area contributed by atoms with Gasteiger partial charge in [0.15, 0.2) is 0 Å². The molecule has 264 valence electrons. The first-order chi connectivity index (χ1) is 27.7. The minimum atomic E-state index is 1.03. The first-order valence-electron chi connectivity index (χ1n) is 18.6. The van der Waals surface area contributed by atoms with Gasteiger partial charge < -0.3 is 9.47 Å². The van der Waals surface area contributed by atoms with Gasteiger partial charge in [0, 0.05) is 44.6 Å². The lowest BCUT2D eigenvalue weighted by Crippen LogP contribution is -2.09. The Balaban J connectivity index is 0.973. The molecule has 0 radical (unpaired) electrons. The molecule has 0 spiro atoms. The summed E-state index contributed by atoms with van der Waals surface area (Å²) in [6.07, 6.45) is 0. The second-order valence-electron chi connectivity index (χ2n) is 13.9. The summed E-state index contributed by atoms with van der Waals surface area (Å²) in [7, 11) is 0. The maximum atomic E-state index is 4.92. The second-order valence-corrected chi connectivity index (χ2v) is 15.9. The molecule has 0 unspecified atom stereocenters. The Morgan fingerprint density at radius 1 is 0.375 bits per heavy atom. The van der Waals surface area contributed by atoms with E-state index in [0.717, 1.165) is 54.9 Å². The number of para-hydroxylation sites is 4. The van der Waals surface area contributed by atoms with Crippen LogP contribution in [0.1, 0.15) is 0 Å². The predicted octanol–water partition coefficient (Wildman–Crippen LogP) is 14.5. The molecule has 56 heavy (non-hydrogen) atoms. The third-order valence-corrected chi connectivity index (χ3v) is 12.6. The zero-order valence-electron chi connectivity index (χ0n) is 30.1. The molecule has 0 saturated heterocycles. The smallest absolute Gasteiger partial charge is 0.124 e. The fourth-order valence-electron chi connectivity index (χ4n) is 7.76. The molecule has 0 aliphatic rings. The Morgan fingerprint density at radius 3 is 1.41 bits per heavy atom. The van der Waals surface area contributed by atoms with Crippen LogP contribution >= 0.6 is 22.7 Å². The fraction of sp³-hybridized carbons (Fsp3) is 0. The van der Waals surface area contributed by atoms with E-state index in [1.807, 2.05) is 12.1 Å². The fourth-order valence-corrected chi connectivity index (χ4v) is 9.70. The number of benzene rings is 8. The Morgan fingerprint density at radius 2 is 0.839 bits per heavy atom. The van der Waals surface area contributed by atoms with Crippen LogP contribution in [0.25, 0.3) is 80.2 Å². The molecule has 0 N–H and O–H groups in total. The minimum Gasteiger partial charge on any atom is -0.311 e. The summed E-state index contributed by atoms with van der Waals surface area (Å²) in [6, 6.07) is 69.3. The quantitative estimate of drug-likeness (QED) is 0.163. The van der Waals surface area contributed by atoms with E-state index in [1.54, 1.807) is 22.7 Å². The van der Waals surface area contributed by atoms with Gasteiger partial charge in [0.25, 0.3) is 0 Å². The number of fused-ring (bicyclic) bond motifs is 5. The summed E-state index contributed by atoms with van der Waals surface area (Å²) in [5, 5.41) is 4.55. The van der Waals surface area contributed by atoms with Crippen LogP contribution in [0.15, 0.2) is 194 Å². The van der Waals surface area contributed by atoms with E-state index >= 15 is 0 Å². The van der Waals surface area contributed by atoms with Crippen molar-refractivity contribution in [2.75, 3.05) is 4.90 Å².